The second-order valence-corrected chi connectivity index (χ2v) is 7.84. The van der Waals surface area contributed by atoms with E-state index in [2.05, 4.69) is 14.7 Å². The smallest absolute Gasteiger partial charge is 0.422 e. The molecule has 0 saturated carbocycles. The highest BCUT2D eigenvalue weighted by molar-refractivity contribution is 5.94. The molecular weight excluding hydrogens is 438 g/mol. The van der Waals surface area contributed by atoms with E-state index in [0.29, 0.717) is 13.1 Å². The minimum atomic E-state index is -4.46. The molecule has 1 aromatic carbocycles. The van der Waals surface area contributed by atoms with Crippen molar-refractivity contribution < 1.29 is 27.1 Å². The first kappa shape index (κ1) is 22.7. The summed E-state index contributed by atoms with van der Waals surface area (Å²) in [5.41, 5.74) is 3.08. The highest BCUT2D eigenvalue weighted by Gasteiger charge is 2.29. The Balaban J connectivity index is 1.48. The molecule has 0 spiro atoms. The van der Waals surface area contributed by atoms with Gasteiger partial charge in [0, 0.05) is 43.0 Å². The lowest BCUT2D eigenvalue weighted by atomic mass is 9.85. The fraction of sp³-hybridized carbons (Fsp3) is 0.292. The number of alkyl halides is 3. The molecule has 2 aromatic heterocycles. The molecule has 5 nitrogen and oxygen atoms in total. The zero-order valence-electron chi connectivity index (χ0n) is 17.6. The van der Waals surface area contributed by atoms with E-state index in [4.69, 9.17) is 0 Å². The van der Waals surface area contributed by atoms with Crippen molar-refractivity contribution in [1.29, 1.82) is 0 Å². The van der Waals surface area contributed by atoms with Gasteiger partial charge < -0.3 is 9.64 Å². The van der Waals surface area contributed by atoms with Crippen molar-refractivity contribution in [1.82, 2.24) is 14.9 Å². The third-order valence-electron chi connectivity index (χ3n) is 5.51. The molecule has 33 heavy (non-hydrogen) atoms. The Kier molecular flexibility index (Phi) is 6.57. The van der Waals surface area contributed by atoms with Crippen LogP contribution < -0.4 is 4.74 Å². The van der Waals surface area contributed by atoms with E-state index in [-0.39, 0.29) is 23.3 Å². The van der Waals surface area contributed by atoms with E-state index in [1.807, 2.05) is 24.3 Å². The third kappa shape index (κ3) is 5.66. The van der Waals surface area contributed by atoms with Gasteiger partial charge in [0.15, 0.2) is 6.61 Å². The average molecular weight is 459 g/mol. The highest BCUT2D eigenvalue weighted by Crippen LogP contribution is 2.34. The molecule has 1 fully saturated rings. The fourth-order valence-corrected chi connectivity index (χ4v) is 4.00. The van der Waals surface area contributed by atoms with Gasteiger partial charge in [0.05, 0.1) is 5.56 Å². The summed E-state index contributed by atoms with van der Waals surface area (Å²) in [5, 5.41) is 0. The van der Waals surface area contributed by atoms with Gasteiger partial charge in [0.2, 0.25) is 11.8 Å². The van der Waals surface area contributed by atoms with Crippen LogP contribution in [-0.4, -0.2) is 46.6 Å². The van der Waals surface area contributed by atoms with E-state index in [9.17, 15) is 22.4 Å². The summed E-state index contributed by atoms with van der Waals surface area (Å²) in [5.74, 6) is -0.905. The Morgan fingerprint density at radius 1 is 1.06 bits per heavy atom. The first-order valence-electron chi connectivity index (χ1n) is 10.5. The number of likely N-dealkylation sites (tertiary alicyclic amines) is 1. The number of carbonyl (C=O) groups excluding carboxylic acids is 1. The Morgan fingerprint density at radius 3 is 2.58 bits per heavy atom. The molecule has 0 N–H and O–H groups in total. The third-order valence-corrected chi connectivity index (χ3v) is 5.51. The molecule has 1 atom stereocenters. The maximum atomic E-state index is 13.3. The van der Waals surface area contributed by atoms with Crippen LogP contribution in [0.2, 0.25) is 0 Å². The van der Waals surface area contributed by atoms with Crippen molar-refractivity contribution >= 4 is 5.91 Å². The van der Waals surface area contributed by atoms with E-state index >= 15 is 0 Å². The van der Waals surface area contributed by atoms with E-state index < -0.39 is 18.7 Å². The van der Waals surface area contributed by atoms with Crippen molar-refractivity contribution in [3.63, 3.8) is 0 Å². The van der Waals surface area contributed by atoms with E-state index in [1.54, 1.807) is 11.0 Å². The topological polar surface area (TPSA) is 55.3 Å². The Hall–Kier alpha value is -3.49. The van der Waals surface area contributed by atoms with Gasteiger partial charge >= 0.3 is 6.18 Å². The molecule has 0 radical (unpaired) electrons. The molecular formula is C24H21F4N3O2. The zero-order valence-corrected chi connectivity index (χ0v) is 17.6. The number of hydrogen-bond donors (Lipinski definition) is 0. The largest absolute Gasteiger partial charge is 0.468 e. The lowest BCUT2D eigenvalue weighted by molar-refractivity contribution is -0.154. The van der Waals surface area contributed by atoms with E-state index in [0.717, 1.165) is 29.5 Å². The van der Waals surface area contributed by atoms with Gasteiger partial charge in [0.25, 0.3) is 5.91 Å². The number of hydrogen-bond acceptors (Lipinski definition) is 4. The molecule has 1 aliphatic rings. The molecule has 1 amide bonds. The second-order valence-electron chi connectivity index (χ2n) is 7.84. The highest BCUT2D eigenvalue weighted by atomic mass is 19.4. The van der Waals surface area contributed by atoms with Gasteiger partial charge in [-0.25, -0.2) is 9.97 Å². The van der Waals surface area contributed by atoms with Crippen LogP contribution in [0.15, 0.2) is 60.9 Å². The molecule has 3 heterocycles. The van der Waals surface area contributed by atoms with Crippen LogP contribution in [0, 0.1) is 5.95 Å². The van der Waals surface area contributed by atoms with E-state index in [1.165, 1.54) is 30.6 Å². The zero-order chi connectivity index (χ0) is 23.4. The molecule has 3 aromatic rings. The number of nitrogens with zero attached hydrogens (tertiary/aromatic N) is 3. The van der Waals surface area contributed by atoms with Crippen molar-refractivity contribution in [3.8, 4) is 17.0 Å². The molecule has 9 heteroatoms. The van der Waals surface area contributed by atoms with Gasteiger partial charge in [0.1, 0.15) is 0 Å². The van der Waals surface area contributed by atoms with Crippen LogP contribution in [0.5, 0.6) is 5.88 Å². The minimum absolute atomic E-state index is 0.0753. The average Bonchev–Trinajstić information content (AvgIpc) is 2.83. The summed E-state index contributed by atoms with van der Waals surface area (Å²) >= 11 is 0. The summed E-state index contributed by atoms with van der Waals surface area (Å²) < 4.78 is 54.7. The standard InChI is InChI=1S/C24H21F4N3O2/c25-21-9-7-16(12-29-21)19-5-1-2-6-20(19)18-4-3-11-31(14-18)23(32)17-8-10-22(30-13-17)33-15-24(26,27)28/h1-2,5-10,12-13,18H,3-4,11,14-15H2. The number of pyridine rings is 2. The number of benzene rings is 1. The molecule has 4 rings (SSSR count). The summed E-state index contributed by atoms with van der Waals surface area (Å²) in [6, 6.07) is 13.5. The number of aromatic nitrogens is 2. The van der Waals surface area contributed by atoms with Crippen LogP contribution in [0.3, 0.4) is 0 Å². The first-order valence-corrected chi connectivity index (χ1v) is 10.5. The molecule has 0 aliphatic carbocycles. The molecule has 172 valence electrons. The van der Waals surface area contributed by atoms with Gasteiger partial charge in [-0.1, -0.05) is 24.3 Å². The monoisotopic (exact) mass is 459 g/mol. The molecule has 1 unspecified atom stereocenters. The fourth-order valence-electron chi connectivity index (χ4n) is 4.00. The predicted molar refractivity (Wildman–Crippen MR) is 113 cm³/mol. The summed E-state index contributed by atoms with van der Waals surface area (Å²) in [6.45, 7) is -0.386. The normalized spacial score (nSPS) is 16.5. The van der Waals surface area contributed by atoms with Crippen LogP contribution in [0.25, 0.3) is 11.1 Å². The minimum Gasteiger partial charge on any atom is -0.468 e. The molecule has 1 saturated heterocycles. The predicted octanol–water partition coefficient (Wildman–Crippen LogP) is 5.24. The van der Waals surface area contributed by atoms with Crippen molar-refractivity contribution in [2.75, 3.05) is 19.7 Å². The maximum Gasteiger partial charge on any atom is 0.422 e. The van der Waals surface area contributed by atoms with Crippen molar-refractivity contribution in [2.24, 2.45) is 0 Å². The maximum absolute atomic E-state index is 13.3. The first-order chi connectivity index (χ1) is 15.8. The van der Waals surface area contributed by atoms with Crippen molar-refractivity contribution in [2.45, 2.75) is 24.9 Å². The van der Waals surface area contributed by atoms with Gasteiger partial charge in [-0.15, -0.1) is 0 Å². The quantitative estimate of drug-likeness (QED) is 0.387. The van der Waals surface area contributed by atoms with Crippen LogP contribution in [0.4, 0.5) is 17.6 Å². The summed E-state index contributed by atoms with van der Waals surface area (Å²) in [7, 11) is 0. The number of piperidine rings is 1. The van der Waals surface area contributed by atoms with Crippen LogP contribution >= 0.6 is 0 Å². The number of ether oxygens (including phenoxy) is 1. The van der Waals surface area contributed by atoms with Gasteiger partial charge in [-0.2, -0.15) is 17.6 Å². The van der Waals surface area contributed by atoms with Gasteiger partial charge in [-0.05, 0) is 42.2 Å². The number of amides is 1. The van der Waals surface area contributed by atoms with Crippen LogP contribution in [0.1, 0.15) is 34.7 Å². The lowest BCUT2D eigenvalue weighted by Crippen LogP contribution is -2.39. The Morgan fingerprint density at radius 2 is 1.88 bits per heavy atom. The molecule has 0 bridgehead atoms. The number of rotatable bonds is 5. The Bertz CT molecular complexity index is 1100. The number of carbonyl (C=O) groups is 1. The van der Waals surface area contributed by atoms with Crippen molar-refractivity contribution in [3.05, 3.63) is 78.0 Å². The Labute approximate surface area is 188 Å². The second kappa shape index (κ2) is 9.56. The number of halogens is 4. The molecule has 1 aliphatic heterocycles. The van der Waals surface area contributed by atoms with Gasteiger partial charge in [-0.3, -0.25) is 4.79 Å². The van der Waals surface area contributed by atoms with Crippen LogP contribution in [-0.2, 0) is 0 Å². The SMILES string of the molecule is O=C(c1ccc(OCC(F)(F)F)nc1)N1CCCC(c2ccccc2-c2ccc(F)nc2)C1. The summed E-state index contributed by atoms with van der Waals surface area (Å²) in [4.78, 5) is 22.3. The lowest BCUT2D eigenvalue weighted by Gasteiger charge is -2.34. The summed E-state index contributed by atoms with van der Waals surface area (Å²) in [6.07, 6.45) is -0.0481.